The van der Waals surface area contributed by atoms with E-state index in [1.54, 1.807) is 7.05 Å². The molecule has 2 bridgehead atoms. The van der Waals surface area contributed by atoms with Crippen molar-refractivity contribution in [1.82, 2.24) is 19.8 Å². The lowest BCUT2D eigenvalue weighted by molar-refractivity contribution is -0.148. The molecular formula is C27H23N5O3. The Morgan fingerprint density at radius 1 is 1.09 bits per heavy atom. The summed E-state index contributed by atoms with van der Waals surface area (Å²) in [6.45, 7) is 2.38. The first kappa shape index (κ1) is 19.4. The molecule has 8 rings (SSSR count). The van der Waals surface area contributed by atoms with Crippen molar-refractivity contribution in [2.45, 2.75) is 37.4 Å². The zero-order valence-corrected chi connectivity index (χ0v) is 19.3. The standard InChI is InChI=1S/C27H23N5O3/c1-26-27(28,25(34)29-2)11-18(35-26)31-16-9-5-3-7-13(16)20-21-15(12-30-24(21)33)19-14-8-4-6-10-17(14)32(26)23(19)22(20)31/h3-10,18H,11-12,28H2,1-2H3,(H,29,34)(H,30,33)/t18-,26+,27-/m0/s1. The Bertz CT molecular complexity index is 1830. The molecule has 5 heterocycles. The SMILES string of the molecule is CNC(=O)[C@@]1(N)C[C@@H]2O[C@@]1(C)n1c3ccccc3c3c4c(c5c6ccccc6n2c5c31)C(=O)NC4. The first-order valence-electron chi connectivity index (χ1n) is 11.9. The second-order valence-electron chi connectivity index (χ2n) is 10.0. The van der Waals surface area contributed by atoms with Gasteiger partial charge in [0, 0.05) is 41.6 Å². The normalized spacial score (nSPS) is 26.7. The number of nitrogens with two attached hydrogens (primary N) is 1. The highest BCUT2D eigenvalue weighted by atomic mass is 16.5. The minimum absolute atomic E-state index is 0.0540. The van der Waals surface area contributed by atoms with Crippen LogP contribution in [0.1, 0.15) is 35.5 Å². The molecule has 2 aromatic heterocycles. The van der Waals surface area contributed by atoms with E-state index in [9.17, 15) is 9.59 Å². The van der Waals surface area contributed by atoms with E-state index < -0.39 is 17.5 Å². The fourth-order valence-corrected chi connectivity index (χ4v) is 7.02. The van der Waals surface area contributed by atoms with E-state index in [-0.39, 0.29) is 11.8 Å². The van der Waals surface area contributed by atoms with E-state index in [2.05, 4.69) is 38.0 Å². The number of carbonyl (C=O) groups excluding carboxylic acids is 2. The molecule has 8 nitrogen and oxygen atoms in total. The maximum Gasteiger partial charge on any atom is 0.252 e. The van der Waals surface area contributed by atoms with Crippen molar-refractivity contribution in [3.63, 3.8) is 0 Å². The molecule has 3 aliphatic rings. The predicted molar refractivity (Wildman–Crippen MR) is 133 cm³/mol. The van der Waals surface area contributed by atoms with E-state index >= 15 is 0 Å². The topological polar surface area (TPSA) is 103 Å². The van der Waals surface area contributed by atoms with E-state index in [1.165, 1.54) is 0 Å². The third kappa shape index (κ3) is 1.89. The number of hydrogen-bond acceptors (Lipinski definition) is 4. The van der Waals surface area contributed by atoms with Crippen molar-refractivity contribution in [3.05, 3.63) is 59.7 Å². The summed E-state index contributed by atoms with van der Waals surface area (Å²) in [6.07, 6.45) is -0.178. The monoisotopic (exact) mass is 465 g/mol. The van der Waals surface area contributed by atoms with Gasteiger partial charge in [0.2, 0.25) is 5.91 Å². The molecule has 5 aromatic rings. The number of hydrogen-bond donors (Lipinski definition) is 3. The van der Waals surface area contributed by atoms with Crippen molar-refractivity contribution in [1.29, 1.82) is 0 Å². The summed E-state index contributed by atoms with van der Waals surface area (Å²) >= 11 is 0. The van der Waals surface area contributed by atoms with E-state index in [1.807, 2.05) is 37.3 Å². The number of para-hydroxylation sites is 2. The van der Waals surface area contributed by atoms with Crippen molar-refractivity contribution in [2.24, 2.45) is 5.73 Å². The molecule has 8 heteroatoms. The van der Waals surface area contributed by atoms with Crippen LogP contribution in [0.25, 0.3) is 43.6 Å². The van der Waals surface area contributed by atoms with Crippen molar-refractivity contribution in [3.8, 4) is 0 Å². The van der Waals surface area contributed by atoms with Crippen LogP contribution in [-0.2, 0) is 21.8 Å². The summed E-state index contributed by atoms with van der Waals surface area (Å²) in [7, 11) is 1.61. The molecule has 174 valence electrons. The van der Waals surface area contributed by atoms with E-state index in [0.29, 0.717) is 13.0 Å². The van der Waals surface area contributed by atoms with Gasteiger partial charge >= 0.3 is 0 Å². The Kier molecular flexibility index (Phi) is 3.24. The molecule has 3 atom stereocenters. The van der Waals surface area contributed by atoms with Crippen LogP contribution < -0.4 is 16.4 Å². The number of fused-ring (bicyclic) bond motifs is 13. The van der Waals surface area contributed by atoms with Gasteiger partial charge in [-0.1, -0.05) is 36.4 Å². The smallest absolute Gasteiger partial charge is 0.252 e. The molecule has 35 heavy (non-hydrogen) atoms. The molecule has 0 aliphatic carbocycles. The summed E-state index contributed by atoms with van der Waals surface area (Å²) in [5, 5.41) is 9.81. The second-order valence-corrected chi connectivity index (χ2v) is 10.0. The van der Waals surface area contributed by atoms with E-state index in [4.69, 9.17) is 10.5 Å². The summed E-state index contributed by atoms with van der Waals surface area (Å²) in [5.74, 6) is -0.315. The lowest BCUT2D eigenvalue weighted by Crippen LogP contribution is -2.65. The van der Waals surface area contributed by atoms with Gasteiger partial charge in [-0.3, -0.25) is 9.59 Å². The Hall–Kier alpha value is -3.88. The maximum atomic E-state index is 13.4. The fraction of sp³-hybridized carbons (Fsp3) is 0.259. The Labute approximate surface area is 199 Å². The molecule has 3 aromatic carbocycles. The molecule has 0 spiro atoms. The van der Waals surface area contributed by atoms with Gasteiger partial charge in [0.05, 0.1) is 27.6 Å². The lowest BCUT2D eigenvalue weighted by Gasteiger charge is -2.39. The first-order valence-corrected chi connectivity index (χ1v) is 11.9. The van der Waals surface area contributed by atoms with Gasteiger partial charge in [-0.2, -0.15) is 0 Å². The first-order chi connectivity index (χ1) is 16.9. The summed E-state index contributed by atoms with van der Waals surface area (Å²) in [4.78, 5) is 26.6. The van der Waals surface area contributed by atoms with Crippen LogP contribution in [0.15, 0.2) is 48.5 Å². The van der Waals surface area contributed by atoms with Crippen LogP contribution in [0.5, 0.6) is 0 Å². The van der Waals surface area contributed by atoms with Crippen molar-refractivity contribution in [2.75, 3.05) is 7.05 Å². The lowest BCUT2D eigenvalue weighted by atomic mass is 9.85. The minimum Gasteiger partial charge on any atom is -0.357 e. The summed E-state index contributed by atoms with van der Waals surface area (Å²) in [5.41, 5.74) is 10.1. The Balaban J connectivity index is 1.73. The number of carbonyl (C=O) groups is 2. The minimum atomic E-state index is -1.32. The number of nitrogens with one attached hydrogen (secondary N) is 2. The number of aromatic nitrogens is 2. The molecule has 3 aliphatic heterocycles. The highest BCUT2D eigenvalue weighted by molar-refractivity contribution is 6.31. The maximum absolute atomic E-state index is 13.4. The molecule has 1 fully saturated rings. The van der Waals surface area contributed by atoms with Gasteiger partial charge in [0.25, 0.3) is 5.91 Å². The second kappa shape index (κ2) is 5.84. The average Bonchev–Trinajstić information content (AvgIpc) is 3.55. The number of nitrogens with zero attached hydrogens (tertiary/aromatic N) is 2. The van der Waals surface area contributed by atoms with Gasteiger partial charge in [-0.15, -0.1) is 0 Å². The Morgan fingerprint density at radius 2 is 1.77 bits per heavy atom. The van der Waals surface area contributed by atoms with Crippen LogP contribution in [0.3, 0.4) is 0 Å². The third-order valence-corrected chi connectivity index (χ3v) is 8.55. The summed E-state index contributed by atoms with van der Waals surface area (Å²) < 4.78 is 11.1. The molecule has 1 saturated heterocycles. The number of likely N-dealkylation sites (N-methyl/N-ethyl adjacent to an activating group) is 1. The number of rotatable bonds is 1. The fourth-order valence-electron chi connectivity index (χ4n) is 7.02. The summed E-state index contributed by atoms with van der Waals surface area (Å²) in [6, 6.07) is 16.2. The Morgan fingerprint density at radius 3 is 2.51 bits per heavy atom. The van der Waals surface area contributed by atoms with Crippen LogP contribution >= 0.6 is 0 Å². The molecule has 0 radical (unpaired) electrons. The van der Waals surface area contributed by atoms with Crippen molar-refractivity contribution >= 4 is 55.4 Å². The molecule has 2 amide bonds. The predicted octanol–water partition coefficient (Wildman–Crippen LogP) is 3.19. The highest BCUT2D eigenvalue weighted by Crippen LogP contribution is 2.56. The molecule has 0 unspecified atom stereocenters. The van der Waals surface area contributed by atoms with Crippen LogP contribution in [0.4, 0.5) is 0 Å². The molecule has 0 saturated carbocycles. The third-order valence-electron chi connectivity index (χ3n) is 8.55. The van der Waals surface area contributed by atoms with Gasteiger partial charge in [-0.05, 0) is 24.6 Å². The van der Waals surface area contributed by atoms with Gasteiger partial charge in [0.15, 0.2) is 5.72 Å². The molecule has 4 N–H and O–H groups in total. The van der Waals surface area contributed by atoms with Gasteiger partial charge < -0.3 is 30.2 Å². The molecular weight excluding hydrogens is 442 g/mol. The van der Waals surface area contributed by atoms with Crippen molar-refractivity contribution < 1.29 is 14.3 Å². The average molecular weight is 466 g/mol. The largest absolute Gasteiger partial charge is 0.357 e. The van der Waals surface area contributed by atoms with Gasteiger partial charge in [0.1, 0.15) is 11.8 Å². The van der Waals surface area contributed by atoms with Crippen LogP contribution in [-0.4, -0.2) is 33.5 Å². The van der Waals surface area contributed by atoms with Crippen LogP contribution in [0.2, 0.25) is 0 Å². The number of amides is 2. The zero-order chi connectivity index (χ0) is 23.9. The van der Waals surface area contributed by atoms with E-state index in [0.717, 1.165) is 54.7 Å². The number of ether oxygens (including phenoxy) is 1. The highest BCUT2D eigenvalue weighted by Gasteiger charge is 2.63. The van der Waals surface area contributed by atoms with Crippen LogP contribution in [0, 0.1) is 0 Å². The zero-order valence-electron chi connectivity index (χ0n) is 19.3. The van der Waals surface area contributed by atoms with Gasteiger partial charge in [-0.25, -0.2) is 0 Å². The number of benzene rings is 3. The quantitative estimate of drug-likeness (QED) is 0.354.